The van der Waals surface area contributed by atoms with Crippen molar-refractivity contribution in [3.05, 3.63) is 168 Å². The zero-order valence-electron chi connectivity index (χ0n) is 63.4. The number of anilines is 8. The van der Waals surface area contributed by atoms with Crippen molar-refractivity contribution >= 4 is 90.3 Å². The fourth-order valence-corrected chi connectivity index (χ4v) is 16.2. The van der Waals surface area contributed by atoms with E-state index >= 15 is 0 Å². The first-order chi connectivity index (χ1) is 54.8. The van der Waals surface area contributed by atoms with Crippen molar-refractivity contribution in [2.45, 2.75) is 102 Å². The van der Waals surface area contributed by atoms with Gasteiger partial charge in [-0.3, -0.25) is 18.7 Å². The van der Waals surface area contributed by atoms with Crippen LogP contribution in [0.15, 0.2) is 138 Å². The predicted molar refractivity (Wildman–Crippen MR) is 431 cm³/mol. The molecular formula is C76H89N33OS2. The predicted octanol–water partition coefficient (Wildman–Crippen LogP) is 11.1. The maximum atomic E-state index is 5.19. The molecule has 576 valence electrons. The van der Waals surface area contributed by atoms with Gasteiger partial charge in [0.15, 0.2) is 28.4 Å². The van der Waals surface area contributed by atoms with Crippen LogP contribution in [-0.2, 0) is 34.7 Å². The van der Waals surface area contributed by atoms with Crippen LogP contribution < -0.4 is 42.5 Å². The van der Waals surface area contributed by atoms with E-state index in [2.05, 4.69) is 153 Å². The van der Waals surface area contributed by atoms with Crippen LogP contribution in [0.3, 0.4) is 0 Å². The molecule has 4 unspecified atom stereocenters. The lowest BCUT2D eigenvalue weighted by atomic mass is 9.96. The normalized spacial score (nSPS) is 17.3. The number of rotatable bonds is 17. The van der Waals surface area contributed by atoms with E-state index in [0.29, 0.717) is 29.5 Å². The molecule has 4 aliphatic rings. The molecule has 20 heterocycles. The molecule has 0 spiro atoms. The van der Waals surface area contributed by atoms with E-state index in [9.17, 15) is 0 Å². The number of nitrogens with one attached hydrogen (secondary N) is 8. The van der Waals surface area contributed by atoms with Crippen molar-refractivity contribution in [2.75, 3.05) is 73.6 Å². The van der Waals surface area contributed by atoms with Gasteiger partial charge in [0.1, 0.15) is 40.4 Å². The summed E-state index contributed by atoms with van der Waals surface area (Å²) in [6.45, 7) is 14.9. The molecule has 16 aromatic rings. The Morgan fingerprint density at radius 2 is 0.848 bits per heavy atom. The SMILES string of the molecule is CCn1nccc1Nc1cc(C2CCCNC2)nc2c(-c3cnn(C)c3)cnn12.Cc1cc(Nc2cc(C3CCCNC3)nc3c(-c4cnn(C)c4)cnn23)no1.Cc1csc(Nc2cc(C3CCCNC3)nc3c(-c4cnn(C)c4)cnn23)c1.Cn1cc(-c2cnn3c(Nc4nncs4)cc(C4CCCNC4)nc23)cn1. The number of nitrogens with zero attached hydrogens (tertiary/aromatic N) is 25. The fraction of sp³-hybridized carbons (Fsp3) is 0.368. The first-order valence-electron chi connectivity index (χ1n) is 38.0. The van der Waals surface area contributed by atoms with Gasteiger partial charge in [-0.2, -0.15) is 63.9 Å². The largest absolute Gasteiger partial charge is 0.360 e. The third-order valence-corrected chi connectivity index (χ3v) is 22.2. The molecule has 112 heavy (non-hydrogen) atoms. The summed E-state index contributed by atoms with van der Waals surface area (Å²) in [6, 6.07) is 14.4. The molecule has 8 N–H and O–H groups in total. The Balaban J connectivity index is 0.000000108. The Morgan fingerprint density at radius 3 is 1.18 bits per heavy atom. The van der Waals surface area contributed by atoms with Crippen LogP contribution >= 0.6 is 22.7 Å². The summed E-state index contributed by atoms with van der Waals surface area (Å²) in [7, 11) is 7.65. The molecule has 4 atom stereocenters. The highest BCUT2D eigenvalue weighted by molar-refractivity contribution is 7.14. The van der Waals surface area contributed by atoms with Gasteiger partial charge in [0.2, 0.25) is 5.13 Å². The van der Waals surface area contributed by atoms with Crippen LogP contribution in [-0.4, -0.2) is 175 Å². The van der Waals surface area contributed by atoms with Crippen molar-refractivity contribution < 1.29 is 4.52 Å². The molecule has 20 rings (SSSR count). The van der Waals surface area contributed by atoms with E-state index in [-0.39, 0.29) is 0 Å². The third-order valence-electron chi connectivity index (χ3n) is 20.6. The molecule has 0 bridgehead atoms. The number of hydrogen-bond donors (Lipinski definition) is 8. The van der Waals surface area contributed by atoms with Gasteiger partial charge in [-0.15, -0.1) is 21.5 Å². The first kappa shape index (κ1) is 72.9. The van der Waals surface area contributed by atoms with Crippen LogP contribution in [0, 0.1) is 13.8 Å². The number of piperidine rings is 4. The Bertz CT molecular complexity index is 5670. The zero-order valence-corrected chi connectivity index (χ0v) is 65.1. The molecule has 0 amide bonds. The summed E-state index contributed by atoms with van der Waals surface area (Å²) in [5, 5.41) is 83.7. The molecule has 36 heteroatoms. The molecule has 0 aliphatic carbocycles. The van der Waals surface area contributed by atoms with Gasteiger partial charge in [-0.1, -0.05) is 16.5 Å². The minimum absolute atomic E-state index is 0.370. The summed E-state index contributed by atoms with van der Waals surface area (Å²) in [5.41, 5.74) is 18.5. The third kappa shape index (κ3) is 15.9. The van der Waals surface area contributed by atoms with Gasteiger partial charge in [-0.25, -0.2) is 24.6 Å². The maximum absolute atomic E-state index is 5.19. The molecule has 0 aromatic carbocycles. The van der Waals surface area contributed by atoms with Crippen LogP contribution in [0.5, 0.6) is 0 Å². The van der Waals surface area contributed by atoms with E-state index in [0.717, 1.165) is 239 Å². The second-order valence-corrected chi connectivity index (χ2v) is 30.6. The highest BCUT2D eigenvalue weighted by Crippen LogP contribution is 2.37. The lowest BCUT2D eigenvalue weighted by molar-refractivity contribution is 0.400. The molecule has 16 aromatic heterocycles. The standard InChI is InChI=1S/C20H25N9.C20H23N7S.C19H22N8O.C17H19N9S/c1-3-28-18(6-8-22-28)26-19-9-17(14-5-4-7-21-10-14)25-20-16(12-24-29(19)20)15-11-23-27(2)13-15;1-13-6-19(28-12-13)25-18-7-17(14-4-3-5-21-8-14)24-20-16(10-23-27(18)20)15-9-22-26(2)11-15;1-12-6-17(25-28-12)24-18-7-16(13-4-3-5-20-8-13)23-19-15(10-22-27(18)19)14-9-21-26(2)11-14;1-25-9-12(7-20-25)13-8-21-26-15(23-17-24-19-10-27-17)5-14(22-16(13)26)11-3-2-4-18-6-11/h6,8-9,11-14,21,26H,3-5,7,10H2,1-2H3;6-7,9-12,14,21,25H,3-5,8H2,1-2H3;6-7,9-11,13,20H,3-5,8H2,1-2H3,(H,24,25);5,7-11,18H,2-4,6H2,1H3,(H,23,24). The van der Waals surface area contributed by atoms with Gasteiger partial charge in [0.25, 0.3) is 0 Å². The lowest BCUT2D eigenvalue weighted by Gasteiger charge is -2.23. The van der Waals surface area contributed by atoms with Crippen molar-refractivity contribution in [3.63, 3.8) is 0 Å². The molecule has 0 radical (unpaired) electrons. The van der Waals surface area contributed by atoms with Crippen LogP contribution in [0.25, 0.3) is 67.1 Å². The average molecular weight is 1540 g/mol. The number of aromatic nitrogens is 25. The van der Waals surface area contributed by atoms with Crippen molar-refractivity contribution in [1.82, 2.24) is 144 Å². The van der Waals surface area contributed by atoms with Crippen molar-refractivity contribution in [1.29, 1.82) is 0 Å². The van der Waals surface area contributed by atoms with E-state index in [4.69, 9.17) is 24.5 Å². The summed E-state index contributed by atoms with van der Waals surface area (Å²) >= 11 is 3.16. The van der Waals surface area contributed by atoms with E-state index in [1.165, 1.54) is 23.3 Å². The molecular weight excluding hydrogens is 1460 g/mol. The van der Waals surface area contributed by atoms with Crippen molar-refractivity contribution in [2.24, 2.45) is 28.2 Å². The summed E-state index contributed by atoms with van der Waals surface area (Å²) < 4.78 is 21.7. The Hall–Kier alpha value is -12.0. The van der Waals surface area contributed by atoms with Crippen LogP contribution in [0.1, 0.15) is 116 Å². The quantitative estimate of drug-likeness (QED) is 0.0420. The highest BCUT2D eigenvalue weighted by atomic mass is 32.1. The zero-order chi connectivity index (χ0) is 76.2. The smallest absolute Gasteiger partial charge is 0.210 e. The monoisotopic (exact) mass is 1540 g/mol. The summed E-state index contributed by atoms with van der Waals surface area (Å²) in [4.78, 5) is 20.1. The fourth-order valence-electron chi connectivity index (χ4n) is 14.9. The average Bonchev–Trinajstić information content (AvgIpc) is 1.59. The Kier molecular flexibility index (Phi) is 21.2. The van der Waals surface area contributed by atoms with E-state index in [1.54, 1.807) is 41.8 Å². The number of fused-ring (bicyclic) bond motifs is 4. The molecule has 0 saturated carbocycles. The Labute approximate surface area is 651 Å². The topological polar surface area (TPSA) is 358 Å². The van der Waals surface area contributed by atoms with Gasteiger partial charge >= 0.3 is 0 Å². The van der Waals surface area contributed by atoms with E-state index in [1.807, 2.05) is 144 Å². The van der Waals surface area contributed by atoms with Gasteiger partial charge < -0.3 is 47.1 Å². The Morgan fingerprint density at radius 1 is 0.446 bits per heavy atom. The number of aryl methyl sites for hydroxylation is 7. The second-order valence-electron chi connectivity index (χ2n) is 28.8. The molecule has 34 nitrogen and oxygen atoms in total. The van der Waals surface area contributed by atoms with Crippen LogP contribution in [0.4, 0.5) is 45.0 Å². The lowest BCUT2D eigenvalue weighted by Crippen LogP contribution is -2.29. The molecule has 4 saturated heterocycles. The van der Waals surface area contributed by atoms with E-state index < -0.39 is 0 Å². The number of hydrogen-bond acceptors (Lipinski definition) is 27. The molecule has 4 aliphatic heterocycles. The summed E-state index contributed by atoms with van der Waals surface area (Å²) in [5.74, 6) is 7.39. The van der Waals surface area contributed by atoms with Crippen molar-refractivity contribution in [3.8, 4) is 44.5 Å². The van der Waals surface area contributed by atoms with Crippen LogP contribution in [0.2, 0.25) is 0 Å². The minimum atomic E-state index is 0.370. The second kappa shape index (κ2) is 32.5. The molecule has 4 fully saturated rings. The van der Waals surface area contributed by atoms with Gasteiger partial charge in [0, 0.05) is 190 Å². The summed E-state index contributed by atoms with van der Waals surface area (Å²) in [6.07, 6.45) is 33.8. The number of thiophene rings is 1. The first-order valence-corrected chi connectivity index (χ1v) is 39.8. The maximum Gasteiger partial charge on any atom is 0.210 e. The minimum Gasteiger partial charge on any atom is -0.360 e. The van der Waals surface area contributed by atoms with Gasteiger partial charge in [0.05, 0.1) is 83.5 Å². The van der Waals surface area contributed by atoms with Gasteiger partial charge in [-0.05, 0) is 115 Å². The highest BCUT2D eigenvalue weighted by Gasteiger charge is 2.27.